The molecule has 1 saturated heterocycles. The monoisotopic (exact) mass is 312 g/mol. The van der Waals surface area contributed by atoms with Gasteiger partial charge in [0.2, 0.25) is 0 Å². The molecule has 2 aromatic heterocycles. The van der Waals surface area contributed by atoms with Crippen LogP contribution in [-0.4, -0.2) is 30.7 Å². The van der Waals surface area contributed by atoms with Crippen LogP contribution in [0.5, 0.6) is 0 Å². The summed E-state index contributed by atoms with van der Waals surface area (Å²) in [5.41, 5.74) is 0.396. The number of aliphatic hydroxyl groups is 1. The number of halogens is 1. The summed E-state index contributed by atoms with van der Waals surface area (Å²) in [4.78, 5) is 23.6. The summed E-state index contributed by atoms with van der Waals surface area (Å²) in [5.74, 6) is 0.451. The van der Waals surface area contributed by atoms with Crippen LogP contribution in [0.25, 0.3) is 11.2 Å². The standard InChI is InChI=1S/C10H9BrN4O3/c11-2-6-5(16)1-7(18-6)15-4-14-8-9(15)12-3-13-10(8)17/h2-5,7,16H,1H2,(H,12,13,17)/b6-2+/t5?,7-/m1/s1. The summed E-state index contributed by atoms with van der Waals surface area (Å²) in [6.45, 7) is 0. The molecule has 0 radical (unpaired) electrons. The van der Waals surface area contributed by atoms with E-state index in [0.717, 1.165) is 0 Å². The van der Waals surface area contributed by atoms with Crippen LogP contribution < -0.4 is 5.56 Å². The number of rotatable bonds is 1. The Morgan fingerprint density at radius 1 is 1.61 bits per heavy atom. The Morgan fingerprint density at radius 3 is 3.17 bits per heavy atom. The molecule has 1 fully saturated rings. The van der Waals surface area contributed by atoms with Gasteiger partial charge in [-0.3, -0.25) is 9.36 Å². The molecule has 1 aliphatic heterocycles. The minimum atomic E-state index is -0.672. The third-order valence-corrected chi connectivity index (χ3v) is 3.26. The molecule has 3 rings (SSSR count). The largest absolute Gasteiger partial charge is 0.471 e. The van der Waals surface area contributed by atoms with E-state index in [1.165, 1.54) is 17.6 Å². The van der Waals surface area contributed by atoms with Crippen molar-refractivity contribution in [2.24, 2.45) is 0 Å². The summed E-state index contributed by atoms with van der Waals surface area (Å²) in [5, 5.41) is 9.74. The maximum absolute atomic E-state index is 11.5. The predicted octanol–water partition coefficient (Wildman–Crippen LogP) is 0.636. The molecule has 1 unspecified atom stereocenters. The van der Waals surface area contributed by atoms with Crippen LogP contribution in [0, 0.1) is 0 Å². The summed E-state index contributed by atoms with van der Waals surface area (Å²) < 4.78 is 7.19. The van der Waals surface area contributed by atoms with Crippen molar-refractivity contribution in [1.82, 2.24) is 19.5 Å². The first-order valence-electron chi connectivity index (χ1n) is 5.26. The second-order valence-corrected chi connectivity index (χ2v) is 4.35. The first kappa shape index (κ1) is 11.4. The van der Waals surface area contributed by atoms with Crippen molar-refractivity contribution < 1.29 is 9.84 Å². The van der Waals surface area contributed by atoms with Crippen LogP contribution in [0.3, 0.4) is 0 Å². The fraction of sp³-hybridized carbons (Fsp3) is 0.300. The molecule has 0 aromatic carbocycles. The Hall–Kier alpha value is -1.67. The average molecular weight is 313 g/mol. The zero-order chi connectivity index (χ0) is 12.7. The summed E-state index contributed by atoms with van der Waals surface area (Å²) in [6.07, 6.45) is 2.10. The van der Waals surface area contributed by atoms with E-state index in [9.17, 15) is 9.90 Å². The molecular weight excluding hydrogens is 304 g/mol. The van der Waals surface area contributed by atoms with E-state index in [-0.39, 0.29) is 11.1 Å². The van der Waals surface area contributed by atoms with Gasteiger partial charge >= 0.3 is 0 Å². The molecule has 0 amide bonds. The molecule has 2 N–H and O–H groups in total. The highest BCUT2D eigenvalue weighted by Gasteiger charge is 2.31. The molecule has 8 heteroatoms. The number of aromatic nitrogens is 4. The Balaban J connectivity index is 2.07. The lowest BCUT2D eigenvalue weighted by Gasteiger charge is -2.11. The minimum Gasteiger partial charge on any atom is -0.471 e. The number of aliphatic hydroxyl groups excluding tert-OH is 1. The number of aromatic amines is 1. The van der Waals surface area contributed by atoms with Crippen molar-refractivity contribution >= 4 is 27.1 Å². The average Bonchev–Trinajstić information content (AvgIpc) is 2.93. The van der Waals surface area contributed by atoms with Gasteiger partial charge in [0.25, 0.3) is 5.56 Å². The third-order valence-electron chi connectivity index (χ3n) is 2.81. The molecule has 1 aliphatic rings. The van der Waals surface area contributed by atoms with Crippen LogP contribution in [-0.2, 0) is 4.74 Å². The van der Waals surface area contributed by atoms with Crippen LogP contribution in [0.2, 0.25) is 0 Å². The summed E-state index contributed by atoms with van der Waals surface area (Å²) in [7, 11) is 0. The predicted molar refractivity (Wildman–Crippen MR) is 65.9 cm³/mol. The lowest BCUT2D eigenvalue weighted by Crippen LogP contribution is -2.10. The van der Waals surface area contributed by atoms with Gasteiger partial charge in [-0.25, -0.2) is 9.97 Å². The number of hydrogen-bond donors (Lipinski definition) is 2. The van der Waals surface area contributed by atoms with Gasteiger partial charge in [0, 0.05) is 11.4 Å². The smallest absolute Gasteiger partial charge is 0.278 e. The van der Waals surface area contributed by atoms with E-state index in [2.05, 4.69) is 30.9 Å². The van der Waals surface area contributed by atoms with Crippen LogP contribution in [0.15, 0.2) is 28.2 Å². The number of nitrogens with zero attached hydrogens (tertiary/aromatic N) is 3. The number of nitrogens with one attached hydrogen (secondary N) is 1. The SMILES string of the molecule is O=c1[nH]cnc2c1ncn2[C@H]1CC(O)/C(=C\Br)O1. The van der Waals surface area contributed by atoms with Gasteiger partial charge in [-0.05, 0) is 0 Å². The molecule has 94 valence electrons. The number of H-pyrrole nitrogens is 1. The number of imidazole rings is 1. The fourth-order valence-electron chi connectivity index (χ4n) is 1.93. The van der Waals surface area contributed by atoms with Gasteiger partial charge in [-0.1, -0.05) is 15.9 Å². The van der Waals surface area contributed by atoms with Crippen LogP contribution in [0.1, 0.15) is 12.6 Å². The quantitative estimate of drug-likeness (QED) is 0.806. The number of ether oxygens (including phenoxy) is 1. The number of fused-ring (bicyclic) bond motifs is 1. The van der Waals surface area contributed by atoms with Crippen molar-refractivity contribution in [2.45, 2.75) is 18.8 Å². The topological polar surface area (TPSA) is 93.0 Å². The second kappa shape index (κ2) is 4.21. The highest BCUT2D eigenvalue weighted by atomic mass is 79.9. The van der Waals surface area contributed by atoms with Crippen molar-refractivity contribution in [3.8, 4) is 0 Å². The Bertz CT molecular complexity index is 677. The van der Waals surface area contributed by atoms with E-state index < -0.39 is 12.3 Å². The lowest BCUT2D eigenvalue weighted by molar-refractivity contribution is 0.101. The fourth-order valence-corrected chi connectivity index (χ4v) is 2.35. The van der Waals surface area contributed by atoms with Crippen molar-refractivity contribution in [1.29, 1.82) is 0 Å². The Kier molecular flexibility index (Phi) is 2.67. The first-order valence-corrected chi connectivity index (χ1v) is 6.17. The van der Waals surface area contributed by atoms with Crippen molar-refractivity contribution in [3.63, 3.8) is 0 Å². The number of hydrogen-bond acceptors (Lipinski definition) is 5. The van der Waals surface area contributed by atoms with Gasteiger partial charge in [0.15, 0.2) is 17.4 Å². The highest BCUT2D eigenvalue weighted by molar-refractivity contribution is 9.11. The van der Waals surface area contributed by atoms with Gasteiger partial charge in [0.1, 0.15) is 18.2 Å². The van der Waals surface area contributed by atoms with E-state index in [4.69, 9.17) is 4.74 Å². The Morgan fingerprint density at radius 2 is 2.44 bits per heavy atom. The summed E-state index contributed by atoms with van der Waals surface area (Å²) in [6, 6.07) is 0. The molecular formula is C10H9BrN4O3. The van der Waals surface area contributed by atoms with Crippen molar-refractivity contribution in [2.75, 3.05) is 0 Å². The molecule has 3 heterocycles. The van der Waals surface area contributed by atoms with Gasteiger partial charge < -0.3 is 14.8 Å². The normalized spacial score (nSPS) is 25.8. The maximum atomic E-state index is 11.5. The van der Waals surface area contributed by atoms with Crippen molar-refractivity contribution in [3.05, 3.63) is 33.8 Å². The van der Waals surface area contributed by atoms with E-state index in [0.29, 0.717) is 17.8 Å². The molecule has 2 atom stereocenters. The second-order valence-electron chi connectivity index (χ2n) is 3.89. The highest BCUT2D eigenvalue weighted by Crippen LogP contribution is 2.32. The minimum absolute atomic E-state index is 0.256. The van der Waals surface area contributed by atoms with E-state index in [1.807, 2.05) is 0 Å². The molecule has 2 aromatic rings. The van der Waals surface area contributed by atoms with Gasteiger partial charge in [-0.2, -0.15) is 0 Å². The zero-order valence-electron chi connectivity index (χ0n) is 9.08. The molecule has 18 heavy (non-hydrogen) atoms. The molecule has 0 saturated carbocycles. The summed E-state index contributed by atoms with van der Waals surface area (Å²) >= 11 is 3.13. The first-order chi connectivity index (χ1) is 8.70. The third kappa shape index (κ3) is 1.65. The van der Waals surface area contributed by atoms with E-state index in [1.54, 1.807) is 4.57 Å². The molecule has 0 bridgehead atoms. The zero-order valence-corrected chi connectivity index (χ0v) is 10.7. The van der Waals surface area contributed by atoms with Gasteiger partial charge in [0.05, 0.1) is 6.33 Å². The van der Waals surface area contributed by atoms with E-state index >= 15 is 0 Å². The van der Waals surface area contributed by atoms with Crippen LogP contribution in [0.4, 0.5) is 0 Å². The molecule has 0 aliphatic carbocycles. The maximum Gasteiger partial charge on any atom is 0.278 e. The lowest BCUT2D eigenvalue weighted by atomic mass is 10.2. The molecule has 7 nitrogen and oxygen atoms in total. The Labute approximate surface area is 109 Å². The van der Waals surface area contributed by atoms with Gasteiger partial charge in [-0.15, -0.1) is 0 Å². The van der Waals surface area contributed by atoms with Crippen LogP contribution >= 0.6 is 15.9 Å². The molecule has 0 spiro atoms.